The number of anilines is 1. The Kier molecular flexibility index (Phi) is 6.04. The second-order valence-corrected chi connectivity index (χ2v) is 6.80. The van der Waals surface area contributed by atoms with Gasteiger partial charge in [0.05, 0.1) is 13.2 Å². The van der Waals surface area contributed by atoms with Crippen LogP contribution in [0.25, 0.3) is 11.2 Å². The van der Waals surface area contributed by atoms with E-state index in [1.807, 2.05) is 31.2 Å². The van der Waals surface area contributed by atoms with Crippen LogP contribution in [0.4, 0.5) is 5.95 Å². The van der Waals surface area contributed by atoms with Crippen LogP contribution in [0.2, 0.25) is 0 Å². The number of aromatic nitrogens is 4. The van der Waals surface area contributed by atoms with Crippen LogP contribution in [0, 0.1) is 6.92 Å². The number of aliphatic hydroxyl groups is 2. The lowest BCUT2D eigenvalue weighted by molar-refractivity contribution is 0.0935. The number of benzene rings is 1. The zero-order valence-electron chi connectivity index (χ0n) is 16.6. The van der Waals surface area contributed by atoms with Crippen molar-refractivity contribution in [2.45, 2.75) is 19.6 Å². The normalized spacial score (nSPS) is 12.3. The summed E-state index contributed by atoms with van der Waals surface area (Å²) in [7, 11) is 2.91. The Balaban J connectivity index is 1.95. The van der Waals surface area contributed by atoms with Gasteiger partial charge in [0.15, 0.2) is 11.2 Å². The lowest BCUT2D eigenvalue weighted by Crippen LogP contribution is -2.38. The van der Waals surface area contributed by atoms with Gasteiger partial charge >= 0.3 is 5.69 Å². The van der Waals surface area contributed by atoms with E-state index in [0.29, 0.717) is 5.75 Å². The summed E-state index contributed by atoms with van der Waals surface area (Å²) in [5.41, 5.74) is 0.321. The summed E-state index contributed by atoms with van der Waals surface area (Å²) >= 11 is 0. The van der Waals surface area contributed by atoms with Gasteiger partial charge < -0.3 is 24.8 Å². The fourth-order valence-corrected chi connectivity index (χ4v) is 3.09. The van der Waals surface area contributed by atoms with Crippen molar-refractivity contribution in [2.24, 2.45) is 14.1 Å². The quantitative estimate of drug-likeness (QED) is 0.467. The molecule has 2 heterocycles. The summed E-state index contributed by atoms with van der Waals surface area (Å²) in [5.74, 6) is 0.946. The third-order valence-corrected chi connectivity index (χ3v) is 4.66. The first kappa shape index (κ1) is 20.6. The Labute approximate surface area is 166 Å². The molecule has 10 nitrogen and oxygen atoms in total. The van der Waals surface area contributed by atoms with Crippen LogP contribution in [-0.2, 0) is 20.6 Å². The largest absolute Gasteiger partial charge is 0.491 e. The van der Waals surface area contributed by atoms with Gasteiger partial charge in [-0.15, -0.1) is 0 Å². The smallest absolute Gasteiger partial charge is 0.332 e. The van der Waals surface area contributed by atoms with Crippen molar-refractivity contribution in [3.05, 3.63) is 50.7 Å². The summed E-state index contributed by atoms with van der Waals surface area (Å²) in [6, 6.07) is 7.47. The van der Waals surface area contributed by atoms with Crippen molar-refractivity contribution in [2.75, 3.05) is 25.1 Å². The SMILES string of the molecule is Cc1ccccc1OC[C@@H](O)Cn1c(NCCO)nc2c1c(=O)n(C)c(=O)n2C. The fourth-order valence-electron chi connectivity index (χ4n) is 3.09. The summed E-state index contributed by atoms with van der Waals surface area (Å²) in [6.45, 7) is 2.00. The van der Waals surface area contributed by atoms with Crippen molar-refractivity contribution in [1.29, 1.82) is 0 Å². The third kappa shape index (κ3) is 4.03. The number of imidazole rings is 1. The molecule has 0 saturated carbocycles. The van der Waals surface area contributed by atoms with Crippen molar-refractivity contribution in [1.82, 2.24) is 18.7 Å². The molecule has 0 aliphatic carbocycles. The van der Waals surface area contributed by atoms with Crippen molar-refractivity contribution in [3.8, 4) is 5.75 Å². The van der Waals surface area contributed by atoms with E-state index >= 15 is 0 Å². The first-order valence-corrected chi connectivity index (χ1v) is 9.22. The van der Waals surface area contributed by atoms with E-state index in [-0.39, 0.29) is 43.4 Å². The first-order valence-electron chi connectivity index (χ1n) is 9.22. The second-order valence-electron chi connectivity index (χ2n) is 6.80. The molecule has 0 amide bonds. The molecule has 3 N–H and O–H groups in total. The molecule has 0 bridgehead atoms. The van der Waals surface area contributed by atoms with E-state index in [9.17, 15) is 14.7 Å². The molecule has 0 unspecified atom stereocenters. The topological polar surface area (TPSA) is 124 Å². The summed E-state index contributed by atoms with van der Waals surface area (Å²) < 4.78 is 9.47. The number of rotatable bonds is 8. The molecule has 1 atom stereocenters. The van der Waals surface area contributed by atoms with Crippen molar-refractivity contribution < 1.29 is 14.9 Å². The maximum absolute atomic E-state index is 12.7. The van der Waals surface area contributed by atoms with E-state index in [1.54, 1.807) is 0 Å². The van der Waals surface area contributed by atoms with E-state index in [4.69, 9.17) is 9.84 Å². The Morgan fingerprint density at radius 3 is 2.62 bits per heavy atom. The highest BCUT2D eigenvalue weighted by atomic mass is 16.5. The average molecular weight is 403 g/mol. The van der Waals surface area contributed by atoms with Crippen molar-refractivity contribution in [3.63, 3.8) is 0 Å². The van der Waals surface area contributed by atoms with Crippen LogP contribution in [0.15, 0.2) is 33.9 Å². The molecule has 156 valence electrons. The maximum Gasteiger partial charge on any atom is 0.332 e. The number of ether oxygens (including phenoxy) is 1. The van der Waals surface area contributed by atoms with Crippen LogP contribution in [0.1, 0.15) is 5.56 Å². The molecule has 0 aliphatic rings. The summed E-state index contributed by atoms with van der Waals surface area (Å²) in [4.78, 5) is 29.2. The number of fused-ring (bicyclic) bond motifs is 1. The predicted octanol–water partition coefficient (Wildman–Crippen LogP) is -0.414. The molecule has 2 aromatic heterocycles. The minimum Gasteiger partial charge on any atom is -0.491 e. The standard InChI is InChI=1S/C19H25N5O5/c1-12-6-4-5-7-14(12)29-11-13(26)10-24-15-16(21-18(24)20-8-9-25)22(2)19(28)23(3)17(15)27/h4-7,13,25-26H,8-11H2,1-3H3,(H,20,21)/t13-/m0/s1. The van der Waals surface area contributed by atoms with Crippen LogP contribution < -0.4 is 21.3 Å². The minimum absolute atomic E-state index is 0.00997. The molecule has 3 aromatic rings. The van der Waals surface area contributed by atoms with Gasteiger partial charge in [-0.1, -0.05) is 18.2 Å². The molecule has 0 saturated heterocycles. The van der Waals surface area contributed by atoms with Gasteiger partial charge in [-0.3, -0.25) is 13.9 Å². The van der Waals surface area contributed by atoms with Gasteiger partial charge in [0.2, 0.25) is 5.95 Å². The Bertz CT molecular complexity index is 1130. The zero-order valence-corrected chi connectivity index (χ0v) is 16.6. The second kappa shape index (κ2) is 8.50. The minimum atomic E-state index is -0.941. The molecule has 0 aliphatic heterocycles. The Morgan fingerprint density at radius 1 is 1.21 bits per heavy atom. The molecule has 29 heavy (non-hydrogen) atoms. The van der Waals surface area contributed by atoms with Gasteiger partial charge in [0, 0.05) is 20.6 Å². The average Bonchev–Trinajstić information content (AvgIpc) is 3.06. The van der Waals surface area contributed by atoms with E-state index in [2.05, 4.69) is 10.3 Å². The Hall–Kier alpha value is -3.11. The molecule has 1 aromatic carbocycles. The highest BCUT2D eigenvalue weighted by Crippen LogP contribution is 2.18. The van der Waals surface area contributed by atoms with Crippen molar-refractivity contribution >= 4 is 17.1 Å². The molecular formula is C19H25N5O5. The first-order chi connectivity index (χ1) is 13.8. The molecule has 0 radical (unpaired) electrons. The molecule has 10 heteroatoms. The molecule has 0 spiro atoms. The Morgan fingerprint density at radius 2 is 1.93 bits per heavy atom. The number of aryl methyl sites for hydroxylation is 2. The number of nitrogens with zero attached hydrogens (tertiary/aromatic N) is 4. The number of para-hydroxylation sites is 1. The van der Waals surface area contributed by atoms with Gasteiger partial charge in [-0.05, 0) is 18.6 Å². The maximum atomic E-state index is 12.7. The van der Waals surface area contributed by atoms with Gasteiger partial charge in [-0.25, -0.2) is 4.79 Å². The van der Waals surface area contributed by atoms with Crippen LogP contribution in [0.5, 0.6) is 5.75 Å². The van der Waals surface area contributed by atoms with Gasteiger partial charge in [0.1, 0.15) is 18.5 Å². The molecular weight excluding hydrogens is 378 g/mol. The number of aliphatic hydroxyl groups excluding tert-OH is 2. The molecule has 3 rings (SSSR count). The predicted molar refractivity (Wildman–Crippen MR) is 108 cm³/mol. The highest BCUT2D eigenvalue weighted by molar-refractivity contribution is 5.74. The van der Waals surface area contributed by atoms with E-state index < -0.39 is 17.4 Å². The van der Waals surface area contributed by atoms with Gasteiger partial charge in [-0.2, -0.15) is 4.98 Å². The lowest BCUT2D eigenvalue weighted by atomic mass is 10.2. The number of hydrogen-bond acceptors (Lipinski definition) is 7. The molecule has 0 fully saturated rings. The number of nitrogens with one attached hydrogen (secondary N) is 1. The van der Waals surface area contributed by atoms with Crippen LogP contribution >= 0.6 is 0 Å². The zero-order chi connectivity index (χ0) is 21.1. The summed E-state index contributed by atoms with van der Waals surface area (Å²) in [5, 5.41) is 22.6. The monoisotopic (exact) mass is 403 g/mol. The fraction of sp³-hybridized carbons (Fsp3) is 0.421. The highest BCUT2D eigenvalue weighted by Gasteiger charge is 2.21. The van der Waals surface area contributed by atoms with Crippen LogP contribution in [-0.4, -0.2) is 54.8 Å². The number of hydrogen-bond donors (Lipinski definition) is 3. The summed E-state index contributed by atoms with van der Waals surface area (Å²) in [6.07, 6.45) is -0.941. The lowest BCUT2D eigenvalue weighted by Gasteiger charge is -2.16. The van der Waals surface area contributed by atoms with E-state index in [1.165, 1.54) is 23.2 Å². The van der Waals surface area contributed by atoms with Crippen LogP contribution in [0.3, 0.4) is 0 Å². The van der Waals surface area contributed by atoms with Gasteiger partial charge in [0.25, 0.3) is 5.56 Å². The third-order valence-electron chi connectivity index (χ3n) is 4.66. The van der Waals surface area contributed by atoms with E-state index in [0.717, 1.165) is 10.1 Å².